The molecule has 1 amide bonds. The standard InChI is InChI=1S/C15H12Cl2N2O4/c1-8-5-13(19(21)22)10(16)7-12(8)18-15(20)9-3-4-14(23-2)11(17)6-9/h3-7H,1-2H3,(H,18,20). The van der Waals surface area contributed by atoms with Gasteiger partial charge in [-0.05, 0) is 36.8 Å². The number of nitrogens with one attached hydrogen (secondary N) is 1. The molecule has 0 spiro atoms. The number of hydrogen-bond acceptors (Lipinski definition) is 4. The van der Waals surface area contributed by atoms with Gasteiger partial charge in [-0.25, -0.2) is 0 Å². The number of carbonyl (C=O) groups excluding carboxylic acids is 1. The third-order valence-corrected chi connectivity index (χ3v) is 3.75. The molecule has 8 heteroatoms. The lowest BCUT2D eigenvalue weighted by Crippen LogP contribution is -2.13. The van der Waals surface area contributed by atoms with E-state index in [9.17, 15) is 14.9 Å². The molecule has 0 unspecified atom stereocenters. The van der Waals surface area contributed by atoms with Crippen molar-refractivity contribution in [2.24, 2.45) is 0 Å². The molecule has 0 atom stereocenters. The Bertz CT molecular complexity index is 793. The van der Waals surface area contributed by atoms with Crippen LogP contribution in [0.3, 0.4) is 0 Å². The number of anilines is 1. The summed E-state index contributed by atoms with van der Waals surface area (Å²) in [6.07, 6.45) is 0. The van der Waals surface area contributed by atoms with Crippen LogP contribution in [-0.4, -0.2) is 17.9 Å². The molecule has 0 heterocycles. The predicted molar refractivity (Wildman–Crippen MR) is 88.8 cm³/mol. The van der Waals surface area contributed by atoms with Gasteiger partial charge < -0.3 is 10.1 Å². The number of carbonyl (C=O) groups is 1. The maximum atomic E-state index is 12.3. The van der Waals surface area contributed by atoms with E-state index in [1.807, 2.05) is 0 Å². The van der Waals surface area contributed by atoms with E-state index in [-0.39, 0.29) is 10.7 Å². The van der Waals surface area contributed by atoms with Crippen LogP contribution < -0.4 is 10.1 Å². The van der Waals surface area contributed by atoms with Crippen LogP contribution in [0, 0.1) is 17.0 Å². The number of nitro groups is 1. The molecule has 2 aromatic rings. The number of ether oxygens (including phenoxy) is 1. The first kappa shape index (κ1) is 17.1. The van der Waals surface area contributed by atoms with E-state index in [1.165, 1.54) is 25.3 Å². The summed E-state index contributed by atoms with van der Waals surface area (Å²) in [6.45, 7) is 1.64. The van der Waals surface area contributed by atoms with E-state index in [0.717, 1.165) is 0 Å². The third-order valence-electron chi connectivity index (χ3n) is 3.15. The second-order valence-electron chi connectivity index (χ2n) is 4.68. The molecule has 1 N–H and O–H groups in total. The summed E-state index contributed by atoms with van der Waals surface area (Å²) in [4.78, 5) is 22.5. The number of halogens is 2. The maximum absolute atomic E-state index is 12.3. The number of hydrogen-bond donors (Lipinski definition) is 1. The molecule has 0 fully saturated rings. The van der Waals surface area contributed by atoms with Gasteiger partial charge in [-0.3, -0.25) is 14.9 Å². The fourth-order valence-corrected chi connectivity index (χ4v) is 2.43. The fraction of sp³-hybridized carbons (Fsp3) is 0.133. The SMILES string of the molecule is COc1ccc(C(=O)Nc2cc(Cl)c([N+](=O)[O-])cc2C)cc1Cl. The molecule has 0 saturated carbocycles. The second-order valence-corrected chi connectivity index (χ2v) is 5.49. The zero-order chi connectivity index (χ0) is 17.1. The van der Waals surface area contributed by atoms with E-state index in [4.69, 9.17) is 27.9 Å². The van der Waals surface area contributed by atoms with Crippen LogP contribution >= 0.6 is 23.2 Å². The minimum atomic E-state index is -0.579. The van der Waals surface area contributed by atoms with Crippen LogP contribution in [0.25, 0.3) is 0 Å². The van der Waals surface area contributed by atoms with Crippen molar-refractivity contribution in [3.8, 4) is 5.75 Å². The van der Waals surface area contributed by atoms with Crippen molar-refractivity contribution in [1.29, 1.82) is 0 Å². The normalized spacial score (nSPS) is 10.3. The quantitative estimate of drug-likeness (QED) is 0.648. The Morgan fingerprint density at radius 2 is 1.91 bits per heavy atom. The van der Waals surface area contributed by atoms with Crippen molar-refractivity contribution in [1.82, 2.24) is 0 Å². The van der Waals surface area contributed by atoms with Gasteiger partial charge in [0.15, 0.2) is 0 Å². The second kappa shape index (κ2) is 6.85. The van der Waals surface area contributed by atoms with Gasteiger partial charge in [0.2, 0.25) is 0 Å². The molecule has 6 nitrogen and oxygen atoms in total. The molecule has 0 aliphatic heterocycles. The zero-order valence-corrected chi connectivity index (χ0v) is 13.7. The summed E-state index contributed by atoms with van der Waals surface area (Å²) >= 11 is 11.8. The Balaban J connectivity index is 2.28. The van der Waals surface area contributed by atoms with Gasteiger partial charge in [0.25, 0.3) is 11.6 Å². The van der Waals surface area contributed by atoms with Crippen LogP contribution in [0.5, 0.6) is 5.75 Å². The van der Waals surface area contributed by atoms with Crippen molar-refractivity contribution >= 4 is 40.5 Å². The lowest BCUT2D eigenvalue weighted by molar-refractivity contribution is -0.384. The molecule has 0 aliphatic carbocycles. The fourth-order valence-electron chi connectivity index (χ4n) is 1.94. The Labute approximate surface area is 142 Å². The molecule has 0 aromatic heterocycles. The summed E-state index contributed by atoms with van der Waals surface area (Å²) in [5, 5.41) is 13.7. The van der Waals surface area contributed by atoms with Crippen LogP contribution in [-0.2, 0) is 0 Å². The number of nitro benzene ring substituents is 1. The van der Waals surface area contributed by atoms with Gasteiger partial charge in [0, 0.05) is 17.3 Å². The summed E-state index contributed by atoms with van der Waals surface area (Å²) in [5.41, 5.74) is 1.02. The smallest absolute Gasteiger partial charge is 0.288 e. The minimum absolute atomic E-state index is 0.0522. The summed E-state index contributed by atoms with van der Waals surface area (Å²) in [5.74, 6) is 0.0420. The predicted octanol–water partition coefficient (Wildman–Crippen LogP) is 4.47. The average molecular weight is 355 g/mol. The summed E-state index contributed by atoms with van der Waals surface area (Å²) in [6, 6.07) is 7.25. The van der Waals surface area contributed by atoms with E-state index < -0.39 is 10.8 Å². The third kappa shape index (κ3) is 3.72. The van der Waals surface area contributed by atoms with Gasteiger partial charge in [-0.1, -0.05) is 23.2 Å². The van der Waals surface area contributed by atoms with Crippen LogP contribution in [0.4, 0.5) is 11.4 Å². The van der Waals surface area contributed by atoms with Crippen LogP contribution in [0.2, 0.25) is 10.0 Å². The minimum Gasteiger partial charge on any atom is -0.495 e. The Morgan fingerprint density at radius 1 is 1.22 bits per heavy atom. The number of aryl methyl sites for hydroxylation is 1. The molecule has 2 rings (SSSR count). The van der Waals surface area contributed by atoms with Crippen molar-refractivity contribution in [2.75, 3.05) is 12.4 Å². The molecule has 0 bridgehead atoms. The maximum Gasteiger partial charge on any atom is 0.288 e. The van der Waals surface area contributed by atoms with Gasteiger partial charge in [0.1, 0.15) is 10.8 Å². The molecule has 0 aliphatic rings. The number of amides is 1. The van der Waals surface area contributed by atoms with E-state index in [0.29, 0.717) is 27.6 Å². The average Bonchev–Trinajstić information content (AvgIpc) is 2.50. The number of rotatable bonds is 4. The number of benzene rings is 2. The first-order valence-electron chi connectivity index (χ1n) is 6.43. The Kier molecular flexibility index (Phi) is 5.08. The van der Waals surface area contributed by atoms with Crippen LogP contribution in [0.1, 0.15) is 15.9 Å². The summed E-state index contributed by atoms with van der Waals surface area (Å²) < 4.78 is 5.02. The van der Waals surface area contributed by atoms with E-state index in [2.05, 4.69) is 5.32 Å². The molecular formula is C15H12Cl2N2O4. The topological polar surface area (TPSA) is 81.5 Å². The monoisotopic (exact) mass is 354 g/mol. The zero-order valence-electron chi connectivity index (χ0n) is 12.2. The van der Waals surface area contributed by atoms with Crippen molar-refractivity contribution in [3.63, 3.8) is 0 Å². The Morgan fingerprint density at radius 3 is 2.48 bits per heavy atom. The van der Waals surface area contributed by atoms with Crippen molar-refractivity contribution in [2.45, 2.75) is 6.92 Å². The Hall–Kier alpha value is -2.31. The number of methoxy groups -OCH3 is 1. The first-order chi connectivity index (χ1) is 10.8. The van der Waals surface area contributed by atoms with E-state index in [1.54, 1.807) is 19.1 Å². The molecule has 0 saturated heterocycles. The van der Waals surface area contributed by atoms with Crippen molar-refractivity contribution in [3.05, 3.63) is 61.6 Å². The van der Waals surface area contributed by atoms with Crippen molar-refractivity contribution < 1.29 is 14.5 Å². The highest BCUT2D eigenvalue weighted by Crippen LogP contribution is 2.31. The number of nitrogens with zero attached hydrogens (tertiary/aromatic N) is 1. The van der Waals surface area contributed by atoms with Crippen LogP contribution in [0.15, 0.2) is 30.3 Å². The molecule has 0 radical (unpaired) electrons. The largest absolute Gasteiger partial charge is 0.495 e. The highest BCUT2D eigenvalue weighted by molar-refractivity contribution is 6.33. The highest BCUT2D eigenvalue weighted by Gasteiger charge is 2.17. The van der Waals surface area contributed by atoms with Gasteiger partial charge in [-0.15, -0.1) is 0 Å². The lowest BCUT2D eigenvalue weighted by Gasteiger charge is -2.10. The lowest BCUT2D eigenvalue weighted by atomic mass is 10.1. The highest BCUT2D eigenvalue weighted by atomic mass is 35.5. The molecular weight excluding hydrogens is 343 g/mol. The molecule has 23 heavy (non-hydrogen) atoms. The van der Waals surface area contributed by atoms with E-state index >= 15 is 0 Å². The van der Waals surface area contributed by atoms with Gasteiger partial charge in [-0.2, -0.15) is 0 Å². The summed E-state index contributed by atoms with van der Waals surface area (Å²) in [7, 11) is 1.48. The van der Waals surface area contributed by atoms with Gasteiger partial charge >= 0.3 is 0 Å². The molecule has 120 valence electrons. The molecule has 2 aromatic carbocycles. The van der Waals surface area contributed by atoms with Gasteiger partial charge in [0.05, 0.1) is 17.1 Å². The first-order valence-corrected chi connectivity index (χ1v) is 7.18.